The predicted octanol–water partition coefficient (Wildman–Crippen LogP) is 1.21. The zero-order valence-corrected chi connectivity index (χ0v) is 12.0. The fraction of sp³-hybridized carbons (Fsp3) is 0.923. The van der Waals surface area contributed by atoms with Crippen molar-refractivity contribution in [2.45, 2.75) is 46.1 Å². The van der Waals surface area contributed by atoms with Gasteiger partial charge in [-0.2, -0.15) is 0 Å². The van der Waals surface area contributed by atoms with Gasteiger partial charge >= 0.3 is 0 Å². The maximum Gasteiger partial charge on any atom is 0.238 e. The summed E-state index contributed by atoms with van der Waals surface area (Å²) in [7, 11) is 1.79. The normalized spacial score (nSPS) is 15.2. The maximum atomic E-state index is 11.5. The molecule has 0 aromatic carbocycles. The van der Waals surface area contributed by atoms with Gasteiger partial charge in [-0.25, -0.2) is 0 Å². The van der Waals surface area contributed by atoms with Crippen molar-refractivity contribution in [1.82, 2.24) is 10.2 Å². The monoisotopic (exact) mass is 243 g/mol. The SMILES string of the molecule is CCC(CC)CN(CC)CC(C)(NC)C(N)=O. The molecule has 0 aliphatic heterocycles. The van der Waals surface area contributed by atoms with Crippen LogP contribution in [0.4, 0.5) is 0 Å². The number of carbonyl (C=O) groups is 1. The van der Waals surface area contributed by atoms with Crippen molar-refractivity contribution in [2.24, 2.45) is 11.7 Å². The van der Waals surface area contributed by atoms with Crippen LogP contribution in [0, 0.1) is 5.92 Å². The minimum Gasteiger partial charge on any atom is -0.368 e. The molecule has 0 aliphatic carbocycles. The number of nitrogens with one attached hydrogen (secondary N) is 1. The molecule has 0 saturated carbocycles. The van der Waals surface area contributed by atoms with Crippen LogP contribution < -0.4 is 11.1 Å². The molecule has 0 fully saturated rings. The average molecular weight is 243 g/mol. The number of likely N-dealkylation sites (N-methyl/N-ethyl adjacent to an activating group) is 2. The van der Waals surface area contributed by atoms with Gasteiger partial charge in [-0.3, -0.25) is 4.79 Å². The molecule has 4 nitrogen and oxygen atoms in total. The summed E-state index contributed by atoms with van der Waals surface area (Å²) in [6.07, 6.45) is 2.36. The molecule has 17 heavy (non-hydrogen) atoms. The van der Waals surface area contributed by atoms with Gasteiger partial charge in [-0.1, -0.05) is 33.6 Å². The van der Waals surface area contributed by atoms with Gasteiger partial charge in [0, 0.05) is 13.1 Å². The van der Waals surface area contributed by atoms with E-state index in [2.05, 4.69) is 31.0 Å². The second-order valence-corrected chi connectivity index (χ2v) is 4.96. The van der Waals surface area contributed by atoms with Crippen molar-refractivity contribution in [3.63, 3.8) is 0 Å². The standard InChI is InChI=1S/C13H29N3O/c1-6-11(7-2)9-16(8-3)10-13(4,15-5)12(14)17/h11,15H,6-10H2,1-5H3,(H2,14,17). The van der Waals surface area contributed by atoms with Crippen LogP contribution in [0.5, 0.6) is 0 Å². The Morgan fingerprint density at radius 3 is 2.18 bits per heavy atom. The van der Waals surface area contributed by atoms with E-state index in [1.165, 1.54) is 12.8 Å². The van der Waals surface area contributed by atoms with Crippen molar-refractivity contribution in [2.75, 3.05) is 26.7 Å². The molecule has 0 aromatic heterocycles. The van der Waals surface area contributed by atoms with Gasteiger partial charge in [0.1, 0.15) is 5.54 Å². The van der Waals surface area contributed by atoms with Gasteiger partial charge in [0.05, 0.1) is 0 Å². The van der Waals surface area contributed by atoms with E-state index in [9.17, 15) is 4.79 Å². The van der Waals surface area contributed by atoms with Gasteiger partial charge in [0.25, 0.3) is 0 Å². The third-order valence-corrected chi connectivity index (χ3v) is 3.75. The fourth-order valence-corrected chi connectivity index (χ4v) is 1.94. The van der Waals surface area contributed by atoms with Crippen LogP contribution in [0.3, 0.4) is 0 Å². The second-order valence-electron chi connectivity index (χ2n) is 4.96. The van der Waals surface area contributed by atoms with Gasteiger partial charge < -0.3 is 16.0 Å². The first-order valence-corrected chi connectivity index (χ1v) is 6.64. The average Bonchev–Trinajstić information content (AvgIpc) is 2.33. The van der Waals surface area contributed by atoms with Crippen LogP contribution in [-0.2, 0) is 4.79 Å². The van der Waals surface area contributed by atoms with Crippen molar-refractivity contribution < 1.29 is 4.79 Å². The Hall–Kier alpha value is -0.610. The van der Waals surface area contributed by atoms with Crippen LogP contribution in [0.25, 0.3) is 0 Å². The molecule has 0 spiro atoms. The highest BCUT2D eigenvalue weighted by atomic mass is 16.1. The number of rotatable bonds is 9. The Labute approximate surface area is 106 Å². The number of amides is 1. The highest BCUT2D eigenvalue weighted by Gasteiger charge is 2.31. The Bertz CT molecular complexity index is 229. The molecule has 4 heteroatoms. The lowest BCUT2D eigenvalue weighted by Gasteiger charge is -2.34. The lowest BCUT2D eigenvalue weighted by molar-refractivity contribution is -0.124. The zero-order valence-electron chi connectivity index (χ0n) is 12.0. The molecule has 0 bridgehead atoms. The topological polar surface area (TPSA) is 58.4 Å². The quantitative estimate of drug-likeness (QED) is 0.640. The van der Waals surface area contributed by atoms with Crippen LogP contribution >= 0.6 is 0 Å². The summed E-state index contributed by atoms with van der Waals surface area (Å²) in [5.41, 5.74) is 4.82. The van der Waals surface area contributed by atoms with Crippen molar-refractivity contribution in [3.8, 4) is 0 Å². The Kier molecular flexibility index (Phi) is 7.39. The Morgan fingerprint density at radius 2 is 1.88 bits per heavy atom. The third-order valence-electron chi connectivity index (χ3n) is 3.75. The molecule has 3 N–H and O–H groups in total. The highest BCUT2D eigenvalue weighted by molar-refractivity contribution is 5.84. The number of nitrogens with zero attached hydrogens (tertiary/aromatic N) is 1. The molecule has 0 aliphatic rings. The van der Waals surface area contributed by atoms with Gasteiger partial charge in [-0.15, -0.1) is 0 Å². The molecule has 102 valence electrons. The Balaban J connectivity index is 4.52. The lowest BCUT2D eigenvalue weighted by Crippen LogP contribution is -2.58. The number of primary amides is 1. The van der Waals surface area contributed by atoms with E-state index in [0.29, 0.717) is 12.5 Å². The first kappa shape index (κ1) is 16.4. The molecule has 0 saturated heterocycles. The van der Waals surface area contributed by atoms with Crippen molar-refractivity contribution >= 4 is 5.91 Å². The van der Waals surface area contributed by atoms with E-state index in [1.54, 1.807) is 7.05 Å². The molecule has 0 radical (unpaired) electrons. The summed E-state index contributed by atoms with van der Waals surface area (Å²) in [6, 6.07) is 0. The molecular weight excluding hydrogens is 214 g/mol. The zero-order chi connectivity index (χ0) is 13.5. The van der Waals surface area contributed by atoms with Gasteiger partial charge in [0.15, 0.2) is 0 Å². The maximum absolute atomic E-state index is 11.5. The molecule has 0 heterocycles. The van der Waals surface area contributed by atoms with Crippen LogP contribution in [0.2, 0.25) is 0 Å². The molecule has 0 rings (SSSR count). The van der Waals surface area contributed by atoms with E-state index in [4.69, 9.17) is 5.73 Å². The minimum absolute atomic E-state index is 0.289. The number of carbonyl (C=O) groups excluding carboxylic acids is 1. The van der Waals surface area contributed by atoms with E-state index in [0.717, 1.165) is 13.1 Å². The van der Waals surface area contributed by atoms with Crippen LogP contribution in [-0.4, -0.2) is 43.0 Å². The van der Waals surface area contributed by atoms with Crippen molar-refractivity contribution in [1.29, 1.82) is 0 Å². The molecule has 1 atom stereocenters. The molecule has 0 aromatic rings. The largest absolute Gasteiger partial charge is 0.368 e. The summed E-state index contributed by atoms with van der Waals surface area (Å²) < 4.78 is 0. The molecular formula is C13H29N3O. The lowest BCUT2D eigenvalue weighted by atomic mass is 9.98. The van der Waals surface area contributed by atoms with Crippen molar-refractivity contribution in [3.05, 3.63) is 0 Å². The second kappa shape index (κ2) is 7.67. The Morgan fingerprint density at radius 1 is 1.35 bits per heavy atom. The first-order chi connectivity index (χ1) is 7.93. The number of nitrogens with two attached hydrogens (primary N) is 1. The predicted molar refractivity (Wildman–Crippen MR) is 72.8 cm³/mol. The third kappa shape index (κ3) is 5.04. The minimum atomic E-state index is -0.637. The molecule has 1 unspecified atom stereocenters. The molecule has 1 amide bonds. The van der Waals surface area contributed by atoms with E-state index < -0.39 is 5.54 Å². The van der Waals surface area contributed by atoms with E-state index in [1.807, 2.05) is 6.92 Å². The highest BCUT2D eigenvalue weighted by Crippen LogP contribution is 2.13. The number of hydrogen-bond donors (Lipinski definition) is 2. The number of hydrogen-bond acceptors (Lipinski definition) is 3. The van der Waals surface area contributed by atoms with Gasteiger partial charge in [0.2, 0.25) is 5.91 Å². The summed E-state index contributed by atoms with van der Waals surface area (Å²) in [5.74, 6) is 0.409. The smallest absolute Gasteiger partial charge is 0.238 e. The first-order valence-electron chi connectivity index (χ1n) is 6.64. The fourth-order valence-electron chi connectivity index (χ4n) is 1.94. The summed E-state index contributed by atoms with van der Waals surface area (Å²) >= 11 is 0. The van der Waals surface area contributed by atoms with Gasteiger partial charge in [-0.05, 0) is 26.4 Å². The van der Waals surface area contributed by atoms with E-state index in [-0.39, 0.29) is 5.91 Å². The van der Waals surface area contributed by atoms with E-state index >= 15 is 0 Å². The van der Waals surface area contributed by atoms with Crippen LogP contribution in [0.15, 0.2) is 0 Å². The summed E-state index contributed by atoms with van der Waals surface area (Å²) in [4.78, 5) is 13.8. The van der Waals surface area contributed by atoms with Crippen LogP contribution in [0.1, 0.15) is 40.5 Å². The summed E-state index contributed by atoms with van der Waals surface area (Å²) in [5, 5.41) is 3.04. The summed E-state index contributed by atoms with van der Waals surface area (Å²) in [6.45, 7) is 11.1.